The second-order valence-corrected chi connectivity index (χ2v) is 5.86. The highest BCUT2D eigenvalue weighted by atomic mass is 16.9. The second-order valence-electron chi connectivity index (χ2n) is 5.86. The van der Waals surface area contributed by atoms with Gasteiger partial charge in [-0.2, -0.15) is 0 Å². The minimum absolute atomic E-state index is 0.0869. The van der Waals surface area contributed by atoms with Crippen molar-refractivity contribution in [2.75, 3.05) is 0 Å². The van der Waals surface area contributed by atoms with E-state index in [0.717, 1.165) is 0 Å². The summed E-state index contributed by atoms with van der Waals surface area (Å²) >= 11 is 0. The molecule has 82 valence electrons. The fraction of sp³-hybridized carbons (Fsp3) is 1.00. The lowest BCUT2D eigenvalue weighted by molar-refractivity contribution is -0.403. The van der Waals surface area contributed by atoms with Crippen LogP contribution in [0.2, 0.25) is 0 Å². The molecule has 0 radical (unpaired) electrons. The van der Waals surface area contributed by atoms with Crippen LogP contribution in [-0.2, 0) is 18.9 Å². The maximum Gasteiger partial charge on any atom is 0.175 e. The molecule has 15 heavy (non-hydrogen) atoms. The highest BCUT2D eigenvalue weighted by molar-refractivity contribution is 5.16. The average Bonchev–Trinajstić information content (AvgIpc) is 2.70. The minimum Gasteiger partial charge on any atom is -0.323 e. The molecule has 0 aromatic carbocycles. The van der Waals surface area contributed by atoms with Gasteiger partial charge in [0.1, 0.15) is 0 Å². The Morgan fingerprint density at radius 3 is 2.00 bits per heavy atom. The molecular formula is C11H14O4. The van der Waals surface area contributed by atoms with Gasteiger partial charge in [-0.25, -0.2) is 0 Å². The highest BCUT2D eigenvalue weighted by Crippen LogP contribution is 2.71. The Morgan fingerprint density at radius 1 is 0.933 bits per heavy atom. The van der Waals surface area contributed by atoms with Crippen LogP contribution in [0.3, 0.4) is 0 Å². The first-order chi connectivity index (χ1) is 7.11. The summed E-state index contributed by atoms with van der Waals surface area (Å²) in [6.45, 7) is 4.09. The van der Waals surface area contributed by atoms with Crippen molar-refractivity contribution in [1.29, 1.82) is 0 Å². The van der Waals surface area contributed by atoms with Gasteiger partial charge in [0.25, 0.3) is 0 Å². The van der Waals surface area contributed by atoms with Crippen LogP contribution in [0.5, 0.6) is 0 Å². The zero-order valence-corrected chi connectivity index (χ0v) is 8.80. The van der Waals surface area contributed by atoms with Gasteiger partial charge in [-0.05, 0) is 20.3 Å². The molecule has 4 nitrogen and oxygen atoms in total. The summed E-state index contributed by atoms with van der Waals surface area (Å²) in [5, 5.41) is 0. The van der Waals surface area contributed by atoms with Crippen molar-refractivity contribution in [2.45, 2.75) is 44.4 Å². The van der Waals surface area contributed by atoms with Gasteiger partial charge < -0.3 is 18.9 Å². The minimum atomic E-state index is -0.463. The third kappa shape index (κ3) is 0.622. The average molecular weight is 210 g/mol. The molecule has 0 spiro atoms. The van der Waals surface area contributed by atoms with Crippen molar-refractivity contribution < 1.29 is 18.9 Å². The van der Waals surface area contributed by atoms with E-state index in [1.54, 1.807) is 0 Å². The van der Waals surface area contributed by atoms with Gasteiger partial charge in [0.15, 0.2) is 24.2 Å². The lowest BCUT2D eigenvalue weighted by Gasteiger charge is -2.36. The van der Waals surface area contributed by atoms with Crippen molar-refractivity contribution >= 4 is 0 Å². The smallest absolute Gasteiger partial charge is 0.175 e. The normalized spacial score (nSPS) is 77.2. The van der Waals surface area contributed by atoms with E-state index in [1.165, 1.54) is 6.42 Å². The fourth-order valence-electron chi connectivity index (χ4n) is 4.90. The first-order valence-electron chi connectivity index (χ1n) is 5.82. The summed E-state index contributed by atoms with van der Waals surface area (Å²) in [5.74, 6) is 1.10. The van der Waals surface area contributed by atoms with E-state index in [2.05, 4.69) is 0 Å². The lowest BCUT2D eigenvalue weighted by atomic mass is 9.83. The Labute approximate surface area is 87.8 Å². The van der Waals surface area contributed by atoms with Crippen LogP contribution >= 0.6 is 0 Å². The number of hydrogen-bond donors (Lipinski definition) is 0. The molecule has 0 N–H and O–H groups in total. The largest absolute Gasteiger partial charge is 0.323 e. The van der Waals surface area contributed by atoms with Gasteiger partial charge in [0, 0.05) is 23.7 Å². The number of ether oxygens (including phenoxy) is 4. The van der Waals surface area contributed by atoms with Crippen LogP contribution in [0.1, 0.15) is 20.3 Å². The van der Waals surface area contributed by atoms with E-state index in [4.69, 9.17) is 18.9 Å². The molecular weight excluding hydrogens is 196 g/mol. The molecule has 1 saturated carbocycles. The SMILES string of the molecule is C[C@@]12O[C@H]3O[C@H]4O[C@@](C)(O1)[C@@H]1[C@H]4C[C@H]3[C@H]12. The molecule has 4 saturated heterocycles. The first kappa shape index (κ1) is 8.01. The molecule has 0 unspecified atom stereocenters. The Balaban J connectivity index is 1.80. The van der Waals surface area contributed by atoms with Crippen molar-refractivity contribution in [3.63, 3.8) is 0 Å². The van der Waals surface area contributed by atoms with E-state index in [0.29, 0.717) is 23.7 Å². The maximum atomic E-state index is 6.06. The zero-order valence-electron chi connectivity index (χ0n) is 8.80. The summed E-state index contributed by atoms with van der Waals surface area (Å²) in [7, 11) is 0. The van der Waals surface area contributed by atoms with Crippen molar-refractivity contribution in [3.8, 4) is 0 Å². The Hall–Kier alpha value is -0.160. The molecule has 5 aliphatic rings. The van der Waals surface area contributed by atoms with Crippen LogP contribution in [0.15, 0.2) is 0 Å². The van der Waals surface area contributed by atoms with E-state index in [1.807, 2.05) is 13.8 Å². The lowest BCUT2D eigenvalue weighted by Crippen LogP contribution is -2.43. The van der Waals surface area contributed by atoms with Gasteiger partial charge in [0.05, 0.1) is 0 Å². The van der Waals surface area contributed by atoms with Gasteiger partial charge in [0.2, 0.25) is 0 Å². The molecule has 1 aliphatic carbocycles. The third-order valence-corrected chi connectivity index (χ3v) is 5.14. The van der Waals surface area contributed by atoms with Gasteiger partial charge >= 0.3 is 0 Å². The summed E-state index contributed by atoms with van der Waals surface area (Å²) < 4.78 is 23.8. The molecule has 0 amide bonds. The van der Waals surface area contributed by atoms with Crippen molar-refractivity contribution in [2.24, 2.45) is 23.7 Å². The van der Waals surface area contributed by atoms with Crippen molar-refractivity contribution in [1.82, 2.24) is 0 Å². The molecule has 4 heteroatoms. The third-order valence-electron chi connectivity index (χ3n) is 5.14. The molecule has 2 bridgehead atoms. The summed E-state index contributed by atoms with van der Waals surface area (Å²) in [6.07, 6.45) is 1.02. The second kappa shape index (κ2) is 1.88. The zero-order chi connectivity index (χ0) is 10.00. The van der Waals surface area contributed by atoms with Crippen LogP contribution in [0.4, 0.5) is 0 Å². The molecule has 4 heterocycles. The molecule has 5 fully saturated rings. The van der Waals surface area contributed by atoms with Crippen molar-refractivity contribution in [3.05, 3.63) is 0 Å². The van der Waals surface area contributed by atoms with Gasteiger partial charge in [-0.15, -0.1) is 0 Å². The van der Waals surface area contributed by atoms with Crippen LogP contribution in [0, 0.1) is 23.7 Å². The topological polar surface area (TPSA) is 36.9 Å². The highest BCUT2D eigenvalue weighted by Gasteiger charge is 2.80. The Morgan fingerprint density at radius 2 is 1.47 bits per heavy atom. The van der Waals surface area contributed by atoms with Gasteiger partial charge in [-0.3, -0.25) is 0 Å². The number of rotatable bonds is 0. The van der Waals surface area contributed by atoms with Crippen LogP contribution in [0.25, 0.3) is 0 Å². The summed E-state index contributed by atoms with van der Waals surface area (Å²) in [5.41, 5.74) is 0. The van der Waals surface area contributed by atoms with E-state index in [-0.39, 0.29) is 12.6 Å². The molecule has 4 aliphatic heterocycles. The Bertz CT molecular complexity index is 340. The fourth-order valence-corrected chi connectivity index (χ4v) is 4.90. The molecule has 5 rings (SSSR count). The quantitative estimate of drug-likeness (QED) is 0.599. The first-order valence-corrected chi connectivity index (χ1v) is 5.82. The predicted molar refractivity (Wildman–Crippen MR) is 47.3 cm³/mol. The predicted octanol–water partition coefficient (Wildman–Crippen LogP) is 1.06. The van der Waals surface area contributed by atoms with Gasteiger partial charge in [-0.1, -0.05) is 0 Å². The molecule has 0 aromatic heterocycles. The Kier molecular flexibility index (Phi) is 1.00. The van der Waals surface area contributed by atoms with Crippen LogP contribution < -0.4 is 0 Å². The number of hydrogen-bond acceptors (Lipinski definition) is 4. The summed E-state index contributed by atoms with van der Waals surface area (Å²) in [4.78, 5) is 0. The molecule has 0 aromatic rings. The van der Waals surface area contributed by atoms with E-state index < -0.39 is 11.6 Å². The summed E-state index contributed by atoms with van der Waals surface area (Å²) in [6, 6.07) is 0. The standard InChI is InChI=1S/C11H14O4/c1-10-6-4-3-5-7(6)11(2,15-10)14-9(5)12-8(4)13-10/h4-9H,3H2,1-2H3/t4-,5+,6-,7-,8+,9-,10+,11-/m1/s1. The maximum absolute atomic E-state index is 6.06. The van der Waals surface area contributed by atoms with E-state index >= 15 is 0 Å². The van der Waals surface area contributed by atoms with E-state index in [9.17, 15) is 0 Å². The monoisotopic (exact) mass is 210 g/mol. The van der Waals surface area contributed by atoms with Crippen LogP contribution in [-0.4, -0.2) is 24.2 Å². The molecule has 8 atom stereocenters.